The van der Waals surface area contributed by atoms with Gasteiger partial charge in [0.25, 0.3) is 5.91 Å². The molecular formula is C13H10ClNO2. The quantitative estimate of drug-likeness (QED) is 0.905. The van der Waals surface area contributed by atoms with Gasteiger partial charge in [0.15, 0.2) is 0 Å². The number of carbonyl (C=O) groups is 1. The predicted molar refractivity (Wildman–Crippen MR) is 66.5 cm³/mol. The summed E-state index contributed by atoms with van der Waals surface area (Å²) in [6.45, 7) is 0. The van der Waals surface area contributed by atoms with Crippen molar-refractivity contribution in [3.63, 3.8) is 0 Å². The molecule has 0 fully saturated rings. The second-order valence-corrected chi connectivity index (χ2v) is 3.86. The van der Waals surface area contributed by atoms with E-state index in [-0.39, 0.29) is 5.56 Å². The predicted octanol–water partition coefficient (Wildman–Crippen LogP) is 3.23. The second kappa shape index (κ2) is 4.89. The summed E-state index contributed by atoms with van der Waals surface area (Å²) in [6.07, 6.45) is 0. The van der Waals surface area contributed by atoms with Crippen molar-refractivity contribution in [1.82, 2.24) is 0 Å². The maximum atomic E-state index is 11.2. The molecule has 0 unspecified atom stereocenters. The SMILES string of the molecule is NC(=O)c1cc(Cl)ccc1Oc1ccccc1. The van der Waals surface area contributed by atoms with E-state index < -0.39 is 5.91 Å². The van der Waals surface area contributed by atoms with Gasteiger partial charge < -0.3 is 10.5 Å². The van der Waals surface area contributed by atoms with Gasteiger partial charge in [-0.25, -0.2) is 0 Å². The van der Waals surface area contributed by atoms with Gasteiger partial charge in [-0.05, 0) is 30.3 Å². The topological polar surface area (TPSA) is 52.3 Å². The van der Waals surface area contributed by atoms with E-state index in [9.17, 15) is 4.79 Å². The Labute approximate surface area is 104 Å². The first-order chi connectivity index (χ1) is 8.16. The Morgan fingerprint density at radius 2 is 1.82 bits per heavy atom. The monoisotopic (exact) mass is 247 g/mol. The molecule has 2 N–H and O–H groups in total. The van der Waals surface area contributed by atoms with E-state index in [1.54, 1.807) is 24.3 Å². The minimum Gasteiger partial charge on any atom is -0.457 e. The summed E-state index contributed by atoms with van der Waals surface area (Å²) >= 11 is 5.80. The van der Waals surface area contributed by atoms with Gasteiger partial charge in [0, 0.05) is 5.02 Å². The molecule has 17 heavy (non-hydrogen) atoms. The molecule has 2 aromatic carbocycles. The highest BCUT2D eigenvalue weighted by Crippen LogP contribution is 2.27. The van der Waals surface area contributed by atoms with Crippen LogP contribution in [0.15, 0.2) is 48.5 Å². The smallest absolute Gasteiger partial charge is 0.252 e. The Kier molecular flexibility index (Phi) is 3.30. The molecule has 0 atom stereocenters. The molecule has 0 aliphatic heterocycles. The van der Waals surface area contributed by atoms with Crippen LogP contribution in [0.1, 0.15) is 10.4 Å². The fourth-order valence-corrected chi connectivity index (χ4v) is 1.57. The van der Waals surface area contributed by atoms with Crippen LogP contribution >= 0.6 is 11.6 Å². The van der Waals surface area contributed by atoms with Crippen molar-refractivity contribution in [3.8, 4) is 11.5 Å². The van der Waals surface area contributed by atoms with Gasteiger partial charge in [-0.3, -0.25) is 4.79 Å². The number of rotatable bonds is 3. The van der Waals surface area contributed by atoms with E-state index >= 15 is 0 Å². The fraction of sp³-hybridized carbons (Fsp3) is 0. The number of primary amides is 1. The number of hydrogen-bond acceptors (Lipinski definition) is 2. The van der Waals surface area contributed by atoms with E-state index in [1.807, 2.05) is 18.2 Å². The van der Waals surface area contributed by atoms with Gasteiger partial charge in [0.2, 0.25) is 0 Å². The first-order valence-corrected chi connectivity index (χ1v) is 5.37. The van der Waals surface area contributed by atoms with Crippen LogP contribution in [-0.2, 0) is 0 Å². The van der Waals surface area contributed by atoms with E-state index in [4.69, 9.17) is 22.1 Å². The molecule has 2 rings (SSSR count). The lowest BCUT2D eigenvalue weighted by atomic mass is 10.2. The molecule has 0 aliphatic rings. The molecular weight excluding hydrogens is 238 g/mol. The molecule has 0 saturated carbocycles. The first kappa shape index (κ1) is 11.5. The number of ether oxygens (including phenoxy) is 1. The highest BCUT2D eigenvalue weighted by molar-refractivity contribution is 6.31. The normalized spacial score (nSPS) is 9.94. The van der Waals surface area contributed by atoms with Crippen molar-refractivity contribution < 1.29 is 9.53 Å². The maximum Gasteiger partial charge on any atom is 0.252 e. The van der Waals surface area contributed by atoms with Crippen molar-refractivity contribution in [2.45, 2.75) is 0 Å². The van der Waals surface area contributed by atoms with E-state index in [2.05, 4.69) is 0 Å². The van der Waals surface area contributed by atoms with Gasteiger partial charge in [0.1, 0.15) is 11.5 Å². The maximum absolute atomic E-state index is 11.2. The molecule has 0 bridgehead atoms. The summed E-state index contributed by atoms with van der Waals surface area (Å²) in [5.41, 5.74) is 5.52. The summed E-state index contributed by atoms with van der Waals surface area (Å²) in [4.78, 5) is 11.2. The largest absolute Gasteiger partial charge is 0.457 e. The van der Waals surface area contributed by atoms with Gasteiger partial charge in [-0.2, -0.15) is 0 Å². The van der Waals surface area contributed by atoms with Crippen LogP contribution in [0.25, 0.3) is 0 Å². The average Bonchev–Trinajstić information content (AvgIpc) is 2.32. The summed E-state index contributed by atoms with van der Waals surface area (Å²) in [7, 11) is 0. The lowest BCUT2D eigenvalue weighted by Gasteiger charge is -2.09. The van der Waals surface area contributed by atoms with Gasteiger partial charge in [-0.1, -0.05) is 29.8 Å². The van der Waals surface area contributed by atoms with E-state index in [1.165, 1.54) is 6.07 Å². The Morgan fingerprint density at radius 1 is 1.12 bits per heavy atom. The molecule has 0 saturated heterocycles. The number of benzene rings is 2. The molecule has 3 nitrogen and oxygen atoms in total. The third kappa shape index (κ3) is 2.77. The van der Waals surface area contributed by atoms with Crippen molar-refractivity contribution in [2.24, 2.45) is 5.73 Å². The number of para-hydroxylation sites is 1. The molecule has 86 valence electrons. The Morgan fingerprint density at radius 3 is 2.47 bits per heavy atom. The third-order valence-corrected chi connectivity index (χ3v) is 2.41. The molecule has 0 aromatic heterocycles. The number of nitrogens with two attached hydrogens (primary N) is 1. The molecule has 1 amide bonds. The van der Waals surface area contributed by atoms with Crippen LogP contribution in [0.4, 0.5) is 0 Å². The molecule has 0 radical (unpaired) electrons. The molecule has 2 aromatic rings. The van der Waals surface area contributed by atoms with E-state index in [0.717, 1.165) is 0 Å². The Balaban J connectivity index is 2.36. The lowest BCUT2D eigenvalue weighted by Crippen LogP contribution is -2.12. The summed E-state index contributed by atoms with van der Waals surface area (Å²) in [6, 6.07) is 13.9. The van der Waals surface area contributed by atoms with Crippen LogP contribution < -0.4 is 10.5 Å². The number of hydrogen-bond donors (Lipinski definition) is 1. The fourth-order valence-electron chi connectivity index (χ4n) is 1.40. The number of amides is 1. The minimum absolute atomic E-state index is 0.265. The van der Waals surface area contributed by atoms with Gasteiger partial charge in [-0.15, -0.1) is 0 Å². The zero-order valence-corrected chi connectivity index (χ0v) is 9.65. The van der Waals surface area contributed by atoms with Crippen LogP contribution in [0.5, 0.6) is 11.5 Å². The summed E-state index contributed by atoms with van der Waals surface area (Å²) in [5.74, 6) is 0.462. The highest BCUT2D eigenvalue weighted by atomic mass is 35.5. The molecule has 0 spiro atoms. The molecule has 0 aliphatic carbocycles. The zero-order valence-electron chi connectivity index (χ0n) is 8.89. The third-order valence-electron chi connectivity index (χ3n) is 2.18. The minimum atomic E-state index is -0.571. The van der Waals surface area contributed by atoms with Crippen molar-refractivity contribution in [1.29, 1.82) is 0 Å². The van der Waals surface area contributed by atoms with E-state index in [0.29, 0.717) is 16.5 Å². The molecule has 4 heteroatoms. The average molecular weight is 248 g/mol. The first-order valence-electron chi connectivity index (χ1n) is 4.99. The van der Waals surface area contributed by atoms with Crippen LogP contribution in [0.3, 0.4) is 0 Å². The van der Waals surface area contributed by atoms with Crippen LogP contribution in [0.2, 0.25) is 5.02 Å². The Bertz CT molecular complexity index is 540. The lowest BCUT2D eigenvalue weighted by molar-refractivity contribution is 0.0998. The van der Waals surface area contributed by atoms with Crippen molar-refractivity contribution >= 4 is 17.5 Å². The number of halogens is 1. The Hall–Kier alpha value is -2.00. The number of carbonyl (C=O) groups excluding carboxylic acids is 1. The van der Waals surface area contributed by atoms with Crippen molar-refractivity contribution in [3.05, 3.63) is 59.1 Å². The second-order valence-electron chi connectivity index (χ2n) is 3.42. The standard InChI is InChI=1S/C13H10ClNO2/c14-9-6-7-12(11(8-9)13(15)16)17-10-4-2-1-3-5-10/h1-8H,(H2,15,16). The summed E-state index contributed by atoms with van der Waals surface area (Å²) < 4.78 is 5.57. The molecule has 0 heterocycles. The summed E-state index contributed by atoms with van der Waals surface area (Å²) in [5, 5.41) is 0.444. The zero-order chi connectivity index (χ0) is 12.3. The van der Waals surface area contributed by atoms with Crippen LogP contribution in [-0.4, -0.2) is 5.91 Å². The highest BCUT2D eigenvalue weighted by Gasteiger charge is 2.10. The van der Waals surface area contributed by atoms with Crippen molar-refractivity contribution in [2.75, 3.05) is 0 Å². The van der Waals surface area contributed by atoms with Gasteiger partial charge >= 0.3 is 0 Å². The van der Waals surface area contributed by atoms with Gasteiger partial charge in [0.05, 0.1) is 5.56 Å². The van der Waals surface area contributed by atoms with Crippen LogP contribution in [0, 0.1) is 0 Å².